The lowest BCUT2D eigenvalue weighted by molar-refractivity contribution is 0.394. The molecule has 3 nitrogen and oxygen atoms in total. The van der Waals surface area contributed by atoms with Crippen LogP contribution in [0, 0.1) is 0 Å². The average molecular weight is 306 g/mol. The fraction of sp³-hybridized carbons (Fsp3) is 0.176. The van der Waals surface area contributed by atoms with Gasteiger partial charge in [-0.3, -0.25) is 0 Å². The van der Waals surface area contributed by atoms with Crippen LogP contribution < -0.4 is 14.8 Å². The molecular formula is C17H20ClNO2. The van der Waals surface area contributed by atoms with Crippen molar-refractivity contribution in [3.05, 3.63) is 53.6 Å². The van der Waals surface area contributed by atoms with Crippen LogP contribution in [0.2, 0.25) is 0 Å². The number of ether oxygens (including phenoxy) is 2. The Morgan fingerprint density at radius 3 is 1.81 bits per heavy atom. The molecule has 112 valence electrons. The SMILES string of the molecule is CNc1ccc(/C=C/c2cc(OC)cc(OC)c2)cc1.Cl. The molecule has 0 unspecified atom stereocenters. The van der Waals surface area contributed by atoms with Crippen molar-refractivity contribution in [1.29, 1.82) is 0 Å². The summed E-state index contributed by atoms with van der Waals surface area (Å²) < 4.78 is 10.5. The molecule has 4 heteroatoms. The molecule has 0 fully saturated rings. The van der Waals surface area contributed by atoms with Crippen molar-refractivity contribution in [1.82, 2.24) is 0 Å². The van der Waals surface area contributed by atoms with Crippen molar-refractivity contribution in [2.24, 2.45) is 0 Å². The lowest BCUT2D eigenvalue weighted by Crippen LogP contribution is -1.88. The maximum atomic E-state index is 5.26. The molecule has 0 aliphatic carbocycles. The van der Waals surface area contributed by atoms with Crippen LogP contribution in [0.5, 0.6) is 11.5 Å². The zero-order valence-corrected chi connectivity index (χ0v) is 13.2. The Bertz CT molecular complexity index is 572. The van der Waals surface area contributed by atoms with Crippen LogP contribution in [0.1, 0.15) is 11.1 Å². The first-order valence-corrected chi connectivity index (χ1v) is 6.44. The van der Waals surface area contributed by atoms with Gasteiger partial charge in [-0.05, 0) is 35.4 Å². The fourth-order valence-electron chi connectivity index (χ4n) is 1.88. The Labute approximate surface area is 132 Å². The summed E-state index contributed by atoms with van der Waals surface area (Å²) >= 11 is 0. The molecule has 0 spiro atoms. The summed E-state index contributed by atoms with van der Waals surface area (Å²) in [6.07, 6.45) is 4.10. The quantitative estimate of drug-likeness (QED) is 0.834. The second kappa shape index (κ2) is 8.22. The largest absolute Gasteiger partial charge is 0.497 e. The maximum Gasteiger partial charge on any atom is 0.123 e. The molecule has 0 heterocycles. The summed E-state index contributed by atoms with van der Waals surface area (Å²) in [6.45, 7) is 0. The highest BCUT2D eigenvalue weighted by Crippen LogP contribution is 2.24. The maximum absolute atomic E-state index is 5.26. The minimum Gasteiger partial charge on any atom is -0.497 e. The van der Waals surface area contributed by atoms with Gasteiger partial charge in [-0.2, -0.15) is 0 Å². The third kappa shape index (κ3) is 4.72. The van der Waals surface area contributed by atoms with Crippen molar-refractivity contribution in [3.8, 4) is 11.5 Å². The van der Waals surface area contributed by atoms with Crippen LogP contribution in [0.3, 0.4) is 0 Å². The van der Waals surface area contributed by atoms with Gasteiger partial charge in [0.1, 0.15) is 11.5 Å². The Morgan fingerprint density at radius 2 is 1.33 bits per heavy atom. The Kier molecular flexibility index (Phi) is 6.63. The van der Waals surface area contributed by atoms with Gasteiger partial charge in [0.15, 0.2) is 0 Å². The van der Waals surface area contributed by atoms with Gasteiger partial charge in [0.25, 0.3) is 0 Å². The molecule has 21 heavy (non-hydrogen) atoms. The third-order valence-corrected chi connectivity index (χ3v) is 3.04. The predicted molar refractivity (Wildman–Crippen MR) is 91.7 cm³/mol. The average Bonchev–Trinajstić information content (AvgIpc) is 2.53. The van der Waals surface area contributed by atoms with E-state index >= 15 is 0 Å². The third-order valence-electron chi connectivity index (χ3n) is 3.04. The molecule has 0 aliphatic rings. The molecule has 0 aliphatic heterocycles. The van der Waals surface area contributed by atoms with Crippen molar-refractivity contribution in [2.75, 3.05) is 26.6 Å². The summed E-state index contributed by atoms with van der Waals surface area (Å²) in [4.78, 5) is 0. The Hall–Kier alpha value is -2.13. The van der Waals surface area contributed by atoms with Crippen molar-refractivity contribution in [2.45, 2.75) is 0 Å². The molecule has 2 aromatic carbocycles. The molecule has 0 saturated heterocycles. The van der Waals surface area contributed by atoms with Gasteiger partial charge < -0.3 is 14.8 Å². The number of rotatable bonds is 5. The highest BCUT2D eigenvalue weighted by molar-refractivity contribution is 5.85. The molecule has 0 saturated carbocycles. The second-order valence-corrected chi connectivity index (χ2v) is 4.35. The van der Waals surface area contributed by atoms with E-state index in [1.807, 2.05) is 43.5 Å². The molecule has 2 aromatic rings. The molecule has 2 rings (SSSR count). The summed E-state index contributed by atoms with van der Waals surface area (Å²) in [7, 11) is 5.21. The van der Waals surface area contributed by atoms with Crippen molar-refractivity contribution in [3.63, 3.8) is 0 Å². The minimum absolute atomic E-state index is 0. The van der Waals surface area contributed by atoms with Crippen LogP contribution in [0.15, 0.2) is 42.5 Å². The van der Waals surface area contributed by atoms with Gasteiger partial charge >= 0.3 is 0 Å². The van der Waals surface area contributed by atoms with E-state index in [0.29, 0.717) is 0 Å². The van der Waals surface area contributed by atoms with Crippen molar-refractivity contribution < 1.29 is 9.47 Å². The lowest BCUT2D eigenvalue weighted by atomic mass is 10.1. The predicted octanol–water partition coefficient (Wildman–Crippen LogP) is 4.34. The number of halogens is 1. The van der Waals surface area contributed by atoms with Gasteiger partial charge in [0.05, 0.1) is 14.2 Å². The highest BCUT2D eigenvalue weighted by atomic mass is 35.5. The summed E-state index contributed by atoms with van der Waals surface area (Å²) in [5.41, 5.74) is 3.29. The zero-order valence-electron chi connectivity index (χ0n) is 12.4. The number of anilines is 1. The molecule has 0 amide bonds. The molecule has 0 aromatic heterocycles. The molecule has 0 bridgehead atoms. The van der Waals surface area contributed by atoms with E-state index in [-0.39, 0.29) is 12.4 Å². The van der Waals surface area contributed by atoms with Gasteiger partial charge in [0, 0.05) is 18.8 Å². The van der Waals surface area contributed by atoms with Crippen LogP contribution in [-0.2, 0) is 0 Å². The summed E-state index contributed by atoms with van der Waals surface area (Å²) in [5, 5.41) is 3.10. The van der Waals surface area contributed by atoms with Crippen LogP contribution in [0.25, 0.3) is 12.2 Å². The van der Waals surface area contributed by atoms with Crippen LogP contribution in [0.4, 0.5) is 5.69 Å². The Morgan fingerprint density at radius 1 is 0.810 bits per heavy atom. The number of methoxy groups -OCH3 is 2. The molecule has 1 N–H and O–H groups in total. The molecule has 0 atom stereocenters. The van der Waals surface area contributed by atoms with E-state index in [9.17, 15) is 0 Å². The van der Waals surface area contributed by atoms with Crippen LogP contribution >= 0.6 is 12.4 Å². The molecular weight excluding hydrogens is 286 g/mol. The first-order chi connectivity index (χ1) is 9.75. The number of hydrogen-bond acceptors (Lipinski definition) is 3. The zero-order chi connectivity index (χ0) is 14.4. The van der Waals surface area contributed by atoms with Gasteiger partial charge in [-0.1, -0.05) is 24.3 Å². The first-order valence-electron chi connectivity index (χ1n) is 6.44. The van der Waals surface area contributed by atoms with E-state index in [4.69, 9.17) is 9.47 Å². The standard InChI is InChI=1S/C17H19NO2.ClH/c1-18-15-8-6-13(7-9-15)4-5-14-10-16(19-2)12-17(11-14)20-3;/h4-12,18H,1-3H3;1H/b5-4+;. The summed E-state index contributed by atoms with van der Waals surface area (Å²) in [6, 6.07) is 14.0. The summed E-state index contributed by atoms with van der Waals surface area (Å²) in [5.74, 6) is 1.57. The topological polar surface area (TPSA) is 30.5 Å². The van der Waals surface area contributed by atoms with Crippen molar-refractivity contribution >= 4 is 30.2 Å². The minimum atomic E-state index is 0. The van der Waals surface area contributed by atoms with E-state index < -0.39 is 0 Å². The number of benzene rings is 2. The first kappa shape index (κ1) is 16.9. The second-order valence-electron chi connectivity index (χ2n) is 4.35. The fourth-order valence-corrected chi connectivity index (χ4v) is 1.88. The smallest absolute Gasteiger partial charge is 0.123 e. The normalized spacial score (nSPS) is 10.0. The van der Waals surface area contributed by atoms with Crippen LogP contribution in [-0.4, -0.2) is 21.3 Å². The van der Waals surface area contributed by atoms with Gasteiger partial charge in [0.2, 0.25) is 0 Å². The number of hydrogen-bond donors (Lipinski definition) is 1. The van der Waals surface area contributed by atoms with E-state index in [2.05, 4.69) is 23.5 Å². The Balaban J connectivity index is 0.00000220. The van der Waals surface area contributed by atoms with Gasteiger partial charge in [-0.15, -0.1) is 12.4 Å². The van der Waals surface area contributed by atoms with Gasteiger partial charge in [-0.25, -0.2) is 0 Å². The van der Waals surface area contributed by atoms with E-state index in [1.165, 1.54) is 0 Å². The van der Waals surface area contributed by atoms with E-state index in [1.54, 1.807) is 14.2 Å². The lowest BCUT2D eigenvalue weighted by Gasteiger charge is -2.06. The van der Waals surface area contributed by atoms with E-state index in [0.717, 1.165) is 28.3 Å². The molecule has 0 radical (unpaired) electrons. The number of nitrogens with one attached hydrogen (secondary N) is 1. The highest BCUT2D eigenvalue weighted by Gasteiger charge is 1.99. The monoisotopic (exact) mass is 305 g/mol.